The van der Waals surface area contributed by atoms with E-state index in [-0.39, 0.29) is 6.42 Å². The molecule has 1 rings (SSSR count). The van der Waals surface area contributed by atoms with Crippen LogP contribution in [0.3, 0.4) is 0 Å². The number of aromatic nitrogens is 3. The number of carboxylic acids is 1. The second kappa shape index (κ2) is 4.27. The lowest BCUT2D eigenvalue weighted by atomic mass is 10.4. The standard InChI is InChI=1S/C7H11N3O2S/c1-3-13-7-9-8-5(10(7)2)4-6(11)12/h3-4H2,1-2H3,(H,11,12). The largest absolute Gasteiger partial charge is 0.481 e. The van der Waals surface area contributed by atoms with Gasteiger partial charge >= 0.3 is 5.97 Å². The SMILES string of the molecule is CCSc1nnc(CC(=O)O)n1C. The van der Waals surface area contributed by atoms with Gasteiger partial charge in [-0.15, -0.1) is 10.2 Å². The van der Waals surface area contributed by atoms with Gasteiger partial charge in [-0.25, -0.2) is 0 Å². The molecule has 0 spiro atoms. The van der Waals surface area contributed by atoms with E-state index in [0.29, 0.717) is 5.82 Å². The molecule has 72 valence electrons. The fourth-order valence-corrected chi connectivity index (χ4v) is 1.54. The Kier molecular flexibility index (Phi) is 3.30. The molecule has 1 heterocycles. The fourth-order valence-electron chi connectivity index (χ4n) is 0.889. The maximum absolute atomic E-state index is 10.4. The number of carbonyl (C=O) groups is 1. The Morgan fingerprint density at radius 1 is 1.62 bits per heavy atom. The first-order valence-corrected chi connectivity index (χ1v) is 4.86. The van der Waals surface area contributed by atoms with E-state index in [1.165, 1.54) is 0 Å². The molecule has 5 nitrogen and oxygen atoms in total. The Balaban J connectivity index is 2.79. The van der Waals surface area contributed by atoms with Gasteiger partial charge in [-0.2, -0.15) is 0 Å². The highest BCUT2D eigenvalue weighted by Gasteiger charge is 2.10. The Labute approximate surface area is 80.2 Å². The first kappa shape index (κ1) is 10.0. The summed E-state index contributed by atoms with van der Waals surface area (Å²) in [4.78, 5) is 10.4. The molecule has 0 atom stereocenters. The summed E-state index contributed by atoms with van der Waals surface area (Å²) >= 11 is 1.55. The Bertz CT molecular complexity index is 311. The van der Waals surface area contributed by atoms with E-state index in [4.69, 9.17) is 5.11 Å². The van der Waals surface area contributed by atoms with Gasteiger partial charge in [0.1, 0.15) is 12.2 Å². The van der Waals surface area contributed by atoms with Gasteiger partial charge in [-0.05, 0) is 5.75 Å². The van der Waals surface area contributed by atoms with Crippen LogP contribution in [-0.4, -0.2) is 31.6 Å². The molecular weight excluding hydrogens is 190 g/mol. The predicted molar refractivity (Wildman–Crippen MR) is 48.7 cm³/mol. The van der Waals surface area contributed by atoms with Gasteiger partial charge in [0.25, 0.3) is 0 Å². The molecule has 0 radical (unpaired) electrons. The maximum Gasteiger partial charge on any atom is 0.311 e. The fraction of sp³-hybridized carbons (Fsp3) is 0.571. The van der Waals surface area contributed by atoms with E-state index in [0.717, 1.165) is 10.9 Å². The van der Waals surface area contributed by atoms with Crippen molar-refractivity contribution in [2.75, 3.05) is 5.75 Å². The molecule has 13 heavy (non-hydrogen) atoms. The van der Waals surface area contributed by atoms with Gasteiger partial charge in [-0.3, -0.25) is 4.79 Å². The molecular formula is C7H11N3O2S. The van der Waals surface area contributed by atoms with E-state index < -0.39 is 5.97 Å². The summed E-state index contributed by atoms with van der Waals surface area (Å²) in [6.45, 7) is 2.01. The molecule has 0 fully saturated rings. The Hall–Kier alpha value is -1.04. The van der Waals surface area contributed by atoms with Crippen molar-refractivity contribution in [3.8, 4) is 0 Å². The molecule has 0 aliphatic heterocycles. The quantitative estimate of drug-likeness (QED) is 0.721. The highest BCUT2D eigenvalue weighted by molar-refractivity contribution is 7.99. The number of nitrogens with zero attached hydrogens (tertiary/aromatic N) is 3. The monoisotopic (exact) mass is 201 g/mol. The summed E-state index contributed by atoms with van der Waals surface area (Å²) in [5, 5.41) is 17.0. The van der Waals surface area contributed by atoms with Crippen LogP contribution in [0.4, 0.5) is 0 Å². The topological polar surface area (TPSA) is 68.0 Å². The van der Waals surface area contributed by atoms with E-state index in [9.17, 15) is 4.79 Å². The zero-order valence-electron chi connectivity index (χ0n) is 7.52. The van der Waals surface area contributed by atoms with Crippen molar-refractivity contribution in [2.24, 2.45) is 7.05 Å². The second-order valence-corrected chi connectivity index (χ2v) is 3.69. The Morgan fingerprint density at radius 2 is 2.31 bits per heavy atom. The van der Waals surface area contributed by atoms with Crippen molar-refractivity contribution in [1.82, 2.24) is 14.8 Å². The highest BCUT2D eigenvalue weighted by Crippen LogP contribution is 2.14. The van der Waals surface area contributed by atoms with Gasteiger partial charge in [0.05, 0.1) is 0 Å². The van der Waals surface area contributed by atoms with Crippen molar-refractivity contribution in [1.29, 1.82) is 0 Å². The van der Waals surface area contributed by atoms with Gasteiger partial charge in [-0.1, -0.05) is 18.7 Å². The number of aliphatic carboxylic acids is 1. The average molecular weight is 201 g/mol. The number of rotatable bonds is 4. The van der Waals surface area contributed by atoms with E-state index in [1.807, 2.05) is 6.92 Å². The van der Waals surface area contributed by atoms with Crippen LogP contribution in [0.15, 0.2) is 5.16 Å². The summed E-state index contributed by atoms with van der Waals surface area (Å²) in [5.74, 6) is 0.506. The van der Waals surface area contributed by atoms with Gasteiger partial charge in [0.15, 0.2) is 5.16 Å². The molecule has 0 unspecified atom stereocenters. The maximum atomic E-state index is 10.4. The number of hydrogen-bond acceptors (Lipinski definition) is 4. The molecule has 1 aromatic heterocycles. The van der Waals surface area contributed by atoms with Crippen LogP contribution >= 0.6 is 11.8 Å². The Morgan fingerprint density at radius 3 is 2.85 bits per heavy atom. The van der Waals surface area contributed by atoms with Crippen molar-refractivity contribution >= 4 is 17.7 Å². The van der Waals surface area contributed by atoms with Crippen LogP contribution < -0.4 is 0 Å². The second-order valence-electron chi connectivity index (χ2n) is 2.46. The third-order valence-corrected chi connectivity index (χ3v) is 2.41. The molecule has 0 aliphatic rings. The first-order chi connectivity index (χ1) is 6.15. The summed E-state index contributed by atoms with van der Waals surface area (Å²) in [7, 11) is 1.77. The molecule has 0 bridgehead atoms. The van der Waals surface area contributed by atoms with Crippen molar-refractivity contribution < 1.29 is 9.90 Å². The van der Waals surface area contributed by atoms with E-state index >= 15 is 0 Å². The van der Waals surface area contributed by atoms with Gasteiger partial charge < -0.3 is 9.67 Å². The van der Waals surface area contributed by atoms with Crippen LogP contribution in [0, 0.1) is 0 Å². The number of thioether (sulfide) groups is 1. The summed E-state index contributed by atoms with van der Waals surface area (Å²) in [6.07, 6.45) is -0.0756. The molecule has 1 N–H and O–H groups in total. The van der Waals surface area contributed by atoms with E-state index in [1.54, 1.807) is 23.4 Å². The van der Waals surface area contributed by atoms with E-state index in [2.05, 4.69) is 10.2 Å². The van der Waals surface area contributed by atoms with Crippen LogP contribution in [0.5, 0.6) is 0 Å². The molecule has 6 heteroatoms. The summed E-state index contributed by atoms with van der Waals surface area (Å²) < 4.78 is 1.71. The molecule has 1 aromatic rings. The van der Waals surface area contributed by atoms with Crippen LogP contribution in [-0.2, 0) is 18.3 Å². The molecule has 0 saturated heterocycles. The summed E-state index contributed by atoms with van der Waals surface area (Å²) in [6, 6.07) is 0. The smallest absolute Gasteiger partial charge is 0.311 e. The van der Waals surface area contributed by atoms with Crippen LogP contribution in [0.25, 0.3) is 0 Å². The molecule has 0 aromatic carbocycles. The molecule has 0 aliphatic carbocycles. The minimum absolute atomic E-state index is 0.0756. The van der Waals surface area contributed by atoms with Gasteiger partial charge in [0, 0.05) is 7.05 Å². The zero-order valence-corrected chi connectivity index (χ0v) is 8.34. The van der Waals surface area contributed by atoms with Crippen molar-refractivity contribution in [3.05, 3.63) is 5.82 Å². The van der Waals surface area contributed by atoms with Crippen LogP contribution in [0.1, 0.15) is 12.7 Å². The lowest BCUT2D eigenvalue weighted by Crippen LogP contribution is -2.06. The predicted octanol–water partition coefficient (Wildman–Crippen LogP) is 0.554. The third-order valence-electron chi connectivity index (χ3n) is 1.51. The lowest BCUT2D eigenvalue weighted by Gasteiger charge is -1.99. The normalized spacial score (nSPS) is 10.3. The number of hydrogen-bond donors (Lipinski definition) is 1. The van der Waals surface area contributed by atoms with Gasteiger partial charge in [0.2, 0.25) is 0 Å². The van der Waals surface area contributed by atoms with Crippen LogP contribution in [0.2, 0.25) is 0 Å². The molecule has 0 amide bonds. The lowest BCUT2D eigenvalue weighted by molar-refractivity contribution is -0.136. The minimum Gasteiger partial charge on any atom is -0.481 e. The zero-order chi connectivity index (χ0) is 9.84. The number of carboxylic acid groups (broad SMARTS) is 1. The van der Waals surface area contributed by atoms with Crippen molar-refractivity contribution in [2.45, 2.75) is 18.5 Å². The minimum atomic E-state index is -0.886. The molecule has 0 saturated carbocycles. The highest BCUT2D eigenvalue weighted by atomic mass is 32.2. The third kappa shape index (κ3) is 2.45. The first-order valence-electron chi connectivity index (χ1n) is 3.88. The average Bonchev–Trinajstić information content (AvgIpc) is 2.36. The van der Waals surface area contributed by atoms with Crippen molar-refractivity contribution in [3.63, 3.8) is 0 Å². The summed E-state index contributed by atoms with van der Waals surface area (Å²) in [5.41, 5.74) is 0.